The second-order valence-corrected chi connectivity index (χ2v) is 9.26. The third-order valence-electron chi connectivity index (χ3n) is 4.63. The Morgan fingerprint density at radius 1 is 1.10 bits per heavy atom. The zero-order chi connectivity index (χ0) is 22.5. The quantitative estimate of drug-likeness (QED) is 0.294. The number of thioether (sulfide) groups is 1. The highest BCUT2D eigenvalue weighted by Crippen LogP contribution is 2.33. The number of benzene rings is 1. The Morgan fingerprint density at radius 3 is 2.48 bits per heavy atom. The first kappa shape index (κ1) is 23.0. The molecule has 0 aliphatic rings. The number of carbonyl (C=O) groups is 2. The van der Waals surface area contributed by atoms with Crippen LogP contribution in [0.3, 0.4) is 0 Å². The van der Waals surface area contributed by atoms with Crippen molar-refractivity contribution in [2.45, 2.75) is 39.8 Å². The van der Waals surface area contributed by atoms with E-state index in [1.54, 1.807) is 6.92 Å². The van der Waals surface area contributed by atoms with Gasteiger partial charge < -0.3 is 10.1 Å². The Balaban J connectivity index is 1.71. The summed E-state index contributed by atoms with van der Waals surface area (Å²) in [6, 6.07) is 10.1. The van der Waals surface area contributed by atoms with Gasteiger partial charge in [-0.15, -0.1) is 11.3 Å². The molecule has 1 amide bonds. The molecule has 0 saturated heterocycles. The van der Waals surface area contributed by atoms with Gasteiger partial charge >= 0.3 is 5.97 Å². The first-order chi connectivity index (χ1) is 14.8. The molecule has 8 heteroatoms. The van der Waals surface area contributed by atoms with E-state index >= 15 is 0 Å². The summed E-state index contributed by atoms with van der Waals surface area (Å²) < 4.78 is 5.14. The lowest BCUT2D eigenvalue weighted by atomic mass is 10.1. The molecule has 0 aliphatic heterocycles. The minimum atomic E-state index is -0.419. The van der Waals surface area contributed by atoms with Crippen molar-refractivity contribution in [2.24, 2.45) is 0 Å². The van der Waals surface area contributed by atoms with Gasteiger partial charge in [0, 0.05) is 16.1 Å². The van der Waals surface area contributed by atoms with Crippen LogP contribution in [0.15, 0.2) is 35.5 Å². The highest BCUT2D eigenvalue weighted by atomic mass is 32.2. The van der Waals surface area contributed by atoms with Gasteiger partial charge in [0.05, 0.1) is 23.6 Å². The molecule has 1 aromatic carbocycles. The number of aryl methyl sites for hydroxylation is 3. The smallest absolute Gasteiger partial charge is 0.341 e. The van der Waals surface area contributed by atoms with Gasteiger partial charge in [-0.05, 0) is 46.2 Å². The number of hydrogen-bond acceptors (Lipinski definition) is 7. The van der Waals surface area contributed by atoms with E-state index in [4.69, 9.17) is 4.74 Å². The van der Waals surface area contributed by atoms with Crippen molar-refractivity contribution < 1.29 is 14.3 Å². The molecule has 0 aliphatic carbocycles. The predicted molar refractivity (Wildman–Crippen MR) is 126 cm³/mol. The molecular weight excluding hydrogens is 430 g/mol. The number of thiophene rings is 1. The maximum absolute atomic E-state index is 12.6. The van der Waals surface area contributed by atoms with E-state index in [0.29, 0.717) is 15.7 Å². The van der Waals surface area contributed by atoms with Crippen LogP contribution in [0, 0.1) is 27.7 Å². The van der Waals surface area contributed by atoms with Gasteiger partial charge in [-0.3, -0.25) is 4.79 Å². The van der Waals surface area contributed by atoms with Gasteiger partial charge in [0.2, 0.25) is 5.91 Å². The van der Waals surface area contributed by atoms with Crippen molar-refractivity contribution in [2.75, 3.05) is 17.7 Å². The third-order valence-corrected chi connectivity index (χ3v) is 6.60. The monoisotopic (exact) mass is 455 g/mol. The standard InChI is InChI=1S/C23H25N3O3S2/c1-6-29-22(28)20-15(4)16(5)31-21(20)26-19(27)12-30-23-24-14(3)11-18(25-23)17-9-7-13(2)8-10-17/h7-11H,6,12H2,1-5H3,(H,26,27). The van der Waals surface area contributed by atoms with Crippen LogP contribution >= 0.6 is 23.1 Å². The predicted octanol–water partition coefficient (Wildman–Crippen LogP) is 5.35. The summed E-state index contributed by atoms with van der Waals surface area (Å²) in [5, 5.41) is 3.91. The molecule has 1 N–H and O–H groups in total. The lowest BCUT2D eigenvalue weighted by Crippen LogP contribution is -2.16. The van der Waals surface area contributed by atoms with Crippen LogP contribution in [-0.4, -0.2) is 34.2 Å². The Kier molecular flexibility index (Phi) is 7.46. The number of amides is 1. The van der Waals surface area contributed by atoms with Gasteiger partial charge in [-0.2, -0.15) is 0 Å². The van der Waals surface area contributed by atoms with E-state index < -0.39 is 5.97 Å². The topological polar surface area (TPSA) is 81.2 Å². The van der Waals surface area contributed by atoms with Crippen LogP contribution in [0.4, 0.5) is 5.00 Å². The van der Waals surface area contributed by atoms with Gasteiger partial charge in [0.1, 0.15) is 5.00 Å². The number of ether oxygens (including phenoxy) is 1. The highest BCUT2D eigenvalue weighted by Gasteiger charge is 2.22. The zero-order valence-corrected chi connectivity index (χ0v) is 19.9. The molecule has 0 radical (unpaired) electrons. The summed E-state index contributed by atoms with van der Waals surface area (Å²) in [5.74, 6) is -0.509. The van der Waals surface area contributed by atoms with Crippen molar-refractivity contribution in [3.63, 3.8) is 0 Å². The van der Waals surface area contributed by atoms with Crippen LogP contribution < -0.4 is 5.32 Å². The number of hydrogen-bond donors (Lipinski definition) is 1. The summed E-state index contributed by atoms with van der Waals surface area (Å²) in [7, 11) is 0. The van der Waals surface area contributed by atoms with Crippen LogP contribution in [0.5, 0.6) is 0 Å². The Hall–Kier alpha value is -2.71. The largest absolute Gasteiger partial charge is 0.462 e. The molecule has 0 fully saturated rings. The van der Waals surface area contributed by atoms with Crippen LogP contribution in [0.1, 0.15) is 39.0 Å². The van der Waals surface area contributed by atoms with Gasteiger partial charge in [-0.1, -0.05) is 41.6 Å². The third kappa shape index (κ3) is 5.71. The molecule has 3 aromatic rings. The Morgan fingerprint density at radius 2 is 1.81 bits per heavy atom. The van der Waals surface area contributed by atoms with E-state index in [1.807, 2.05) is 58.0 Å². The van der Waals surface area contributed by atoms with Crippen molar-refractivity contribution >= 4 is 40.0 Å². The Labute approximate surface area is 190 Å². The van der Waals surface area contributed by atoms with E-state index in [9.17, 15) is 9.59 Å². The summed E-state index contributed by atoms with van der Waals surface area (Å²) in [5.41, 5.74) is 5.10. The van der Waals surface area contributed by atoms with Gasteiger partial charge in [0.25, 0.3) is 0 Å². The maximum Gasteiger partial charge on any atom is 0.341 e. The number of aromatic nitrogens is 2. The molecule has 2 heterocycles. The Bertz CT molecular complexity index is 1110. The average Bonchev–Trinajstić information content (AvgIpc) is 3.00. The maximum atomic E-state index is 12.6. The van der Waals surface area contributed by atoms with Gasteiger partial charge in [0.15, 0.2) is 5.16 Å². The number of nitrogens with one attached hydrogen (secondary N) is 1. The molecule has 0 saturated carbocycles. The van der Waals surface area contributed by atoms with Crippen LogP contribution in [-0.2, 0) is 9.53 Å². The summed E-state index contributed by atoms with van der Waals surface area (Å²) >= 11 is 2.64. The normalized spacial score (nSPS) is 10.7. The summed E-state index contributed by atoms with van der Waals surface area (Å²) in [6.07, 6.45) is 0. The lowest BCUT2D eigenvalue weighted by molar-refractivity contribution is -0.113. The number of rotatable bonds is 7. The second kappa shape index (κ2) is 10.1. The molecule has 0 spiro atoms. The van der Waals surface area contributed by atoms with Crippen LogP contribution in [0.25, 0.3) is 11.3 Å². The minimum Gasteiger partial charge on any atom is -0.462 e. The van der Waals surface area contributed by atoms with Crippen LogP contribution in [0.2, 0.25) is 0 Å². The molecule has 3 rings (SSSR count). The second-order valence-electron chi connectivity index (χ2n) is 7.09. The highest BCUT2D eigenvalue weighted by molar-refractivity contribution is 7.99. The van der Waals surface area contributed by atoms with Crippen molar-refractivity contribution in [3.8, 4) is 11.3 Å². The molecular formula is C23H25N3O3S2. The fraction of sp³-hybridized carbons (Fsp3) is 0.304. The summed E-state index contributed by atoms with van der Waals surface area (Å²) in [6.45, 7) is 9.76. The minimum absolute atomic E-state index is 0.134. The first-order valence-corrected chi connectivity index (χ1v) is 11.7. The fourth-order valence-corrected chi connectivity index (χ4v) is 4.70. The molecule has 6 nitrogen and oxygen atoms in total. The van der Waals surface area contributed by atoms with Crippen molar-refractivity contribution in [3.05, 3.63) is 57.6 Å². The molecule has 31 heavy (non-hydrogen) atoms. The van der Waals surface area contributed by atoms with E-state index in [1.165, 1.54) is 28.7 Å². The lowest BCUT2D eigenvalue weighted by Gasteiger charge is -2.08. The zero-order valence-electron chi connectivity index (χ0n) is 18.2. The average molecular weight is 456 g/mol. The molecule has 0 bridgehead atoms. The number of nitrogens with zero attached hydrogens (tertiary/aromatic N) is 2. The molecule has 0 atom stereocenters. The number of carbonyl (C=O) groups excluding carboxylic acids is 2. The van der Waals surface area contributed by atoms with Crippen molar-refractivity contribution in [1.82, 2.24) is 9.97 Å². The fourth-order valence-electron chi connectivity index (χ4n) is 2.93. The molecule has 2 aromatic heterocycles. The van der Waals surface area contributed by atoms with E-state index in [2.05, 4.69) is 15.3 Å². The SMILES string of the molecule is CCOC(=O)c1c(NC(=O)CSc2nc(C)cc(-c3ccc(C)cc3)n2)sc(C)c1C. The van der Waals surface area contributed by atoms with Gasteiger partial charge in [-0.25, -0.2) is 14.8 Å². The van der Waals surface area contributed by atoms with E-state index in [-0.39, 0.29) is 18.3 Å². The molecule has 162 valence electrons. The van der Waals surface area contributed by atoms with Crippen molar-refractivity contribution in [1.29, 1.82) is 0 Å². The van der Waals surface area contributed by atoms with E-state index in [0.717, 1.165) is 27.4 Å². The molecule has 0 unspecified atom stereocenters. The number of anilines is 1. The summed E-state index contributed by atoms with van der Waals surface area (Å²) in [4.78, 5) is 34.9. The number of esters is 1. The first-order valence-electron chi connectivity index (χ1n) is 9.91.